The summed E-state index contributed by atoms with van der Waals surface area (Å²) in [6, 6.07) is 5.80. The molecule has 2 heterocycles. The predicted molar refractivity (Wildman–Crippen MR) is 73.6 cm³/mol. The fourth-order valence-corrected chi connectivity index (χ4v) is 2.63. The highest BCUT2D eigenvalue weighted by Gasteiger charge is 2.24. The van der Waals surface area contributed by atoms with Crippen LogP contribution in [-0.2, 0) is 13.1 Å². The van der Waals surface area contributed by atoms with Crippen LogP contribution in [0.3, 0.4) is 0 Å². The van der Waals surface area contributed by atoms with E-state index >= 15 is 0 Å². The van der Waals surface area contributed by atoms with E-state index in [0.29, 0.717) is 18.7 Å². The van der Waals surface area contributed by atoms with Crippen molar-refractivity contribution in [3.8, 4) is 0 Å². The Kier molecular flexibility index (Phi) is 3.10. The molecule has 0 bridgehead atoms. The minimum Gasteiger partial charge on any atom is -0.329 e. The maximum Gasteiger partial charge on any atom is 0.255 e. The molecule has 0 unspecified atom stereocenters. The fraction of sp³-hybridized carbons (Fsp3) is 0.308. The maximum absolute atomic E-state index is 12.5. The lowest BCUT2D eigenvalue weighted by Gasteiger charge is -2.27. The number of nitrogens with zero attached hydrogens (tertiary/aromatic N) is 4. The molecule has 1 aliphatic rings. The summed E-state index contributed by atoms with van der Waals surface area (Å²) in [7, 11) is 0. The first-order valence-corrected chi connectivity index (χ1v) is 6.86. The molecular formula is C13H13BrN4O. The molecule has 1 amide bonds. The van der Waals surface area contributed by atoms with E-state index in [-0.39, 0.29) is 5.91 Å². The van der Waals surface area contributed by atoms with Gasteiger partial charge in [0.2, 0.25) is 0 Å². The number of aromatic nitrogens is 3. The second-order valence-electron chi connectivity index (χ2n) is 4.65. The molecule has 6 heteroatoms. The van der Waals surface area contributed by atoms with Gasteiger partial charge < -0.3 is 9.47 Å². The van der Waals surface area contributed by atoms with Crippen molar-refractivity contribution < 1.29 is 4.79 Å². The smallest absolute Gasteiger partial charge is 0.255 e. The number of amides is 1. The van der Waals surface area contributed by atoms with Crippen LogP contribution in [0.25, 0.3) is 0 Å². The number of halogens is 1. The zero-order valence-corrected chi connectivity index (χ0v) is 12.1. The number of hydrogen-bond acceptors (Lipinski definition) is 3. The molecule has 1 aromatic carbocycles. The second kappa shape index (κ2) is 4.77. The van der Waals surface area contributed by atoms with Crippen molar-refractivity contribution in [2.75, 3.05) is 6.54 Å². The van der Waals surface area contributed by atoms with E-state index in [1.807, 2.05) is 34.6 Å². The average Bonchev–Trinajstić information content (AvgIpc) is 2.88. The van der Waals surface area contributed by atoms with Crippen LogP contribution in [0.5, 0.6) is 0 Å². The highest BCUT2D eigenvalue weighted by Crippen LogP contribution is 2.21. The van der Waals surface area contributed by atoms with Crippen LogP contribution >= 0.6 is 15.9 Å². The molecule has 1 aliphatic heterocycles. The minimum absolute atomic E-state index is 0.0322. The van der Waals surface area contributed by atoms with Gasteiger partial charge in [0.25, 0.3) is 5.91 Å². The molecule has 0 radical (unpaired) electrons. The lowest BCUT2D eigenvalue weighted by atomic mass is 10.1. The molecule has 0 N–H and O–H groups in total. The van der Waals surface area contributed by atoms with E-state index in [4.69, 9.17) is 0 Å². The normalized spacial score (nSPS) is 14.3. The standard InChI is InChI=1S/C13H13BrN4O/c1-9-2-3-11(14)10(6-9)13(19)17-4-5-18-8-15-16-12(18)7-17/h2-3,6,8H,4-5,7H2,1H3. The van der Waals surface area contributed by atoms with Crippen molar-refractivity contribution in [3.05, 3.63) is 46.0 Å². The molecular weight excluding hydrogens is 308 g/mol. The Bertz CT molecular complexity index is 637. The summed E-state index contributed by atoms with van der Waals surface area (Å²) >= 11 is 3.44. The Balaban J connectivity index is 1.87. The van der Waals surface area contributed by atoms with E-state index in [9.17, 15) is 4.79 Å². The Morgan fingerprint density at radius 1 is 1.37 bits per heavy atom. The lowest BCUT2D eigenvalue weighted by molar-refractivity contribution is 0.0706. The first-order chi connectivity index (χ1) is 9.15. The van der Waals surface area contributed by atoms with Gasteiger partial charge in [0.15, 0.2) is 5.82 Å². The molecule has 1 aromatic heterocycles. The quantitative estimate of drug-likeness (QED) is 0.807. The summed E-state index contributed by atoms with van der Waals surface area (Å²) in [6.45, 7) is 3.93. The largest absolute Gasteiger partial charge is 0.329 e. The van der Waals surface area contributed by atoms with Gasteiger partial charge in [-0.05, 0) is 35.0 Å². The Morgan fingerprint density at radius 2 is 2.21 bits per heavy atom. The van der Waals surface area contributed by atoms with Crippen LogP contribution in [0.15, 0.2) is 29.0 Å². The number of rotatable bonds is 1. The number of carbonyl (C=O) groups is 1. The third-order valence-electron chi connectivity index (χ3n) is 3.28. The molecule has 0 aliphatic carbocycles. The molecule has 0 spiro atoms. The van der Waals surface area contributed by atoms with E-state index in [1.165, 1.54) is 0 Å². The van der Waals surface area contributed by atoms with Crippen molar-refractivity contribution in [2.45, 2.75) is 20.0 Å². The van der Waals surface area contributed by atoms with Gasteiger partial charge >= 0.3 is 0 Å². The topological polar surface area (TPSA) is 51.0 Å². The summed E-state index contributed by atoms with van der Waals surface area (Å²) in [6.07, 6.45) is 1.71. The van der Waals surface area contributed by atoms with Gasteiger partial charge in [-0.15, -0.1) is 10.2 Å². The van der Waals surface area contributed by atoms with Gasteiger partial charge in [0.1, 0.15) is 6.33 Å². The first-order valence-electron chi connectivity index (χ1n) is 6.07. The van der Waals surface area contributed by atoms with Crippen molar-refractivity contribution in [1.82, 2.24) is 19.7 Å². The average molecular weight is 321 g/mol. The number of fused-ring (bicyclic) bond motifs is 1. The summed E-state index contributed by atoms with van der Waals surface area (Å²) in [5.74, 6) is 0.869. The highest BCUT2D eigenvalue weighted by atomic mass is 79.9. The SMILES string of the molecule is Cc1ccc(Br)c(C(=O)N2CCn3cnnc3C2)c1. The first kappa shape index (κ1) is 12.3. The van der Waals surface area contributed by atoms with Crippen LogP contribution in [0.4, 0.5) is 0 Å². The van der Waals surface area contributed by atoms with Gasteiger partial charge in [0.05, 0.1) is 12.1 Å². The van der Waals surface area contributed by atoms with Gasteiger partial charge in [-0.1, -0.05) is 11.6 Å². The Labute approximate surface area is 119 Å². The Morgan fingerprint density at radius 3 is 3.05 bits per heavy atom. The van der Waals surface area contributed by atoms with E-state index < -0.39 is 0 Å². The Hall–Kier alpha value is -1.69. The zero-order valence-electron chi connectivity index (χ0n) is 10.5. The van der Waals surface area contributed by atoms with Crippen LogP contribution in [-0.4, -0.2) is 32.1 Å². The summed E-state index contributed by atoms with van der Waals surface area (Å²) in [4.78, 5) is 14.4. The highest BCUT2D eigenvalue weighted by molar-refractivity contribution is 9.10. The molecule has 3 rings (SSSR count). The predicted octanol–water partition coefficient (Wildman–Crippen LogP) is 2.01. The van der Waals surface area contributed by atoms with Crippen molar-refractivity contribution >= 4 is 21.8 Å². The molecule has 19 heavy (non-hydrogen) atoms. The van der Waals surface area contributed by atoms with Crippen molar-refractivity contribution in [2.24, 2.45) is 0 Å². The van der Waals surface area contributed by atoms with Crippen LogP contribution in [0.1, 0.15) is 21.7 Å². The molecule has 5 nitrogen and oxygen atoms in total. The monoisotopic (exact) mass is 320 g/mol. The zero-order chi connectivity index (χ0) is 13.4. The molecule has 98 valence electrons. The van der Waals surface area contributed by atoms with E-state index in [1.54, 1.807) is 6.33 Å². The van der Waals surface area contributed by atoms with Crippen molar-refractivity contribution in [3.63, 3.8) is 0 Å². The summed E-state index contributed by atoms with van der Waals surface area (Å²) in [5, 5.41) is 7.90. The molecule has 2 aromatic rings. The lowest BCUT2D eigenvalue weighted by Crippen LogP contribution is -2.38. The summed E-state index contributed by atoms with van der Waals surface area (Å²) < 4.78 is 2.81. The van der Waals surface area contributed by atoms with E-state index in [2.05, 4.69) is 26.1 Å². The molecule has 0 fully saturated rings. The van der Waals surface area contributed by atoms with Crippen LogP contribution < -0.4 is 0 Å². The minimum atomic E-state index is 0.0322. The molecule has 0 atom stereocenters. The van der Waals surface area contributed by atoms with Gasteiger partial charge in [-0.3, -0.25) is 4.79 Å². The number of hydrogen-bond donors (Lipinski definition) is 0. The van der Waals surface area contributed by atoms with Crippen molar-refractivity contribution in [1.29, 1.82) is 0 Å². The molecule has 0 saturated heterocycles. The maximum atomic E-state index is 12.5. The summed E-state index contributed by atoms with van der Waals surface area (Å²) in [5.41, 5.74) is 1.78. The number of benzene rings is 1. The van der Waals surface area contributed by atoms with Crippen LogP contribution in [0, 0.1) is 6.92 Å². The number of carbonyl (C=O) groups excluding carboxylic acids is 1. The fourth-order valence-electron chi connectivity index (χ4n) is 2.21. The van der Waals surface area contributed by atoms with Gasteiger partial charge in [-0.2, -0.15) is 0 Å². The van der Waals surface area contributed by atoms with Crippen LogP contribution in [0.2, 0.25) is 0 Å². The van der Waals surface area contributed by atoms with Gasteiger partial charge in [-0.25, -0.2) is 0 Å². The number of aryl methyl sites for hydroxylation is 1. The third-order valence-corrected chi connectivity index (χ3v) is 3.97. The van der Waals surface area contributed by atoms with Gasteiger partial charge in [0, 0.05) is 17.6 Å². The van der Waals surface area contributed by atoms with E-state index in [0.717, 1.165) is 22.4 Å². The third kappa shape index (κ3) is 2.28. The molecule has 0 saturated carbocycles. The second-order valence-corrected chi connectivity index (χ2v) is 5.50.